The van der Waals surface area contributed by atoms with Crippen LogP contribution in [0.3, 0.4) is 0 Å². The molecule has 26 heavy (non-hydrogen) atoms. The molecular formula is C18H16BrN5OS. The van der Waals surface area contributed by atoms with Crippen LogP contribution in [0.25, 0.3) is 5.69 Å². The van der Waals surface area contributed by atoms with Crippen molar-refractivity contribution in [3.63, 3.8) is 0 Å². The Hall–Kier alpha value is -2.19. The lowest BCUT2D eigenvalue weighted by Gasteiger charge is -2.29. The Morgan fingerprint density at radius 3 is 2.81 bits per heavy atom. The summed E-state index contributed by atoms with van der Waals surface area (Å²) in [4.78, 5) is 14.6. The van der Waals surface area contributed by atoms with Crippen molar-refractivity contribution in [2.75, 3.05) is 17.2 Å². The van der Waals surface area contributed by atoms with Crippen molar-refractivity contribution in [2.45, 2.75) is 18.0 Å². The highest BCUT2D eigenvalue weighted by molar-refractivity contribution is 9.10. The lowest BCUT2D eigenvalue weighted by molar-refractivity contribution is -0.116. The van der Waals surface area contributed by atoms with Gasteiger partial charge in [0.2, 0.25) is 11.1 Å². The summed E-state index contributed by atoms with van der Waals surface area (Å²) in [6, 6.07) is 15.8. The van der Waals surface area contributed by atoms with Crippen molar-refractivity contribution in [3.8, 4) is 5.69 Å². The topological polar surface area (TPSA) is 63.9 Å². The van der Waals surface area contributed by atoms with Gasteiger partial charge in [-0.25, -0.2) is 0 Å². The molecule has 0 radical (unpaired) electrons. The molecule has 1 aliphatic heterocycles. The number of benzene rings is 2. The smallest absolute Gasteiger partial charge is 0.237 e. The van der Waals surface area contributed by atoms with Crippen molar-refractivity contribution >= 4 is 39.3 Å². The molecule has 1 amide bonds. The number of fused-ring (bicyclic) bond motifs is 1. The van der Waals surface area contributed by atoms with Gasteiger partial charge in [0.1, 0.15) is 0 Å². The van der Waals surface area contributed by atoms with Crippen LogP contribution in [0.5, 0.6) is 0 Å². The average Bonchev–Trinajstić information content (AvgIpc) is 3.15. The van der Waals surface area contributed by atoms with Gasteiger partial charge in [0.15, 0.2) is 0 Å². The highest BCUT2D eigenvalue weighted by Gasteiger charge is 2.23. The van der Waals surface area contributed by atoms with Crippen molar-refractivity contribution in [2.24, 2.45) is 0 Å². The molecule has 2 heterocycles. The summed E-state index contributed by atoms with van der Waals surface area (Å²) < 4.78 is 2.64. The SMILES string of the molecule is O=C(CSc1nnnn1-c1ccc(Br)cc1)N1CCCc2ccccc21. The second-order valence-corrected chi connectivity index (χ2v) is 7.77. The van der Waals surface area contributed by atoms with E-state index in [1.54, 1.807) is 4.68 Å². The van der Waals surface area contributed by atoms with Gasteiger partial charge in [0.25, 0.3) is 0 Å². The zero-order chi connectivity index (χ0) is 17.9. The first kappa shape index (κ1) is 17.2. The van der Waals surface area contributed by atoms with Gasteiger partial charge in [-0.15, -0.1) is 5.10 Å². The molecule has 132 valence electrons. The molecule has 0 aliphatic carbocycles. The number of para-hydroxylation sites is 1. The molecule has 0 N–H and O–H groups in total. The first-order chi connectivity index (χ1) is 12.7. The van der Waals surface area contributed by atoms with Gasteiger partial charge < -0.3 is 4.90 Å². The zero-order valence-corrected chi connectivity index (χ0v) is 16.3. The van der Waals surface area contributed by atoms with Gasteiger partial charge in [0, 0.05) is 16.7 Å². The fourth-order valence-electron chi connectivity index (χ4n) is 3.01. The standard InChI is InChI=1S/C18H16BrN5OS/c19-14-7-9-15(10-8-14)24-18(20-21-22-24)26-12-17(25)23-11-3-5-13-4-1-2-6-16(13)23/h1-2,4,6-10H,3,5,11-12H2. The molecule has 3 aromatic rings. The van der Waals surface area contributed by atoms with Crippen LogP contribution >= 0.6 is 27.7 Å². The summed E-state index contributed by atoms with van der Waals surface area (Å²) in [5, 5.41) is 12.5. The summed E-state index contributed by atoms with van der Waals surface area (Å²) in [6.45, 7) is 0.758. The number of aryl methyl sites for hydroxylation is 1. The molecule has 8 heteroatoms. The summed E-state index contributed by atoms with van der Waals surface area (Å²) in [7, 11) is 0. The number of amides is 1. The van der Waals surface area contributed by atoms with E-state index in [0.717, 1.165) is 35.2 Å². The Bertz CT molecular complexity index is 927. The highest BCUT2D eigenvalue weighted by atomic mass is 79.9. The van der Waals surface area contributed by atoms with Gasteiger partial charge in [-0.2, -0.15) is 4.68 Å². The summed E-state index contributed by atoms with van der Waals surface area (Å²) in [6.07, 6.45) is 2.01. The quantitative estimate of drug-likeness (QED) is 0.593. The third-order valence-electron chi connectivity index (χ3n) is 4.25. The van der Waals surface area contributed by atoms with Gasteiger partial charge >= 0.3 is 0 Å². The number of aromatic nitrogens is 4. The van der Waals surface area contributed by atoms with Crippen molar-refractivity contribution in [1.82, 2.24) is 20.2 Å². The Morgan fingerprint density at radius 1 is 1.15 bits per heavy atom. The van der Waals surface area contributed by atoms with Crippen LogP contribution in [0.1, 0.15) is 12.0 Å². The maximum Gasteiger partial charge on any atom is 0.237 e. The lowest BCUT2D eigenvalue weighted by Crippen LogP contribution is -2.36. The van der Waals surface area contributed by atoms with E-state index in [2.05, 4.69) is 37.5 Å². The van der Waals surface area contributed by atoms with Gasteiger partial charge in [-0.05, 0) is 59.2 Å². The minimum Gasteiger partial charge on any atom is -0.311 e. The molecule has 4 rings (SSSR count). The molecule has 0 saturated carbocycles. The largest absolute Gasteiger partial charge is 0.311 e. The molecule has 0 atom stereocenters. The van der Waals surface area contributed by atoms with E-state index in [-0.39, 0.29) is 5.91 Å². The number of carbonyl (C=O) groups excluding carboxylic acids is 1. The summed E-state index contributed by atoms with van der Waals surface area (Å²) in [5.41, 5.74) is 3.12. The van der Waals surface area contributed by atoms with Crippen LogP contribution in [0.4, 0.5) is 5.69 Å². The van der Waals surface area contributed by atoms with E-state index < -0.39 is 0 Å². The van der Waals surface area contributed by atoms with Crippen molar-refractivity contribution in [3.05, 3.63) is 58.6 Å². The number of hydrogen-bond donors (Lipinski definition) is 0. The normalized spacial score (nSPS) is 13.5. The first-order valence-electron chi connectivity index (χ1n) is 8.28. The molecular weight excluding hydrogens is 414 g/mol. The summed E-state index contributed by atoms with van der Waals surface area (Å²) in [5.74, 6) is 0.373. The second kappa shape index (κ2) is 7.59. The molecule has 6 nitrogen and oxygen atoms in total. The van der Waals surface area contributed by atoms with Crippen LogP contribution in [0, 0.1) is 0 Å². The predicted molar refractivity (Wildman–Crippen MR) is 105 cm³/mol. The van der Waals surface area contributed by atoms with Crippen LogP contribution in [0.15, 0.2) is 58.2 Å². The zero-order valence-electron chi connectivity index (χ0n) is 13.9. The van der Waals surface area contributed by atoms with Crippen molar-refractivity contribution < 1.29 is 4.79 Å². The first-order valence-corrected chi connectivity index (χ1v) is 10.1. The maximum absolute atomic E-state index is 12.8. The van der Waals surface area contributed by atoms with E-state index in [9.17, 15) is 4.79 Å². The molecule has 0 spiro atoms. The lowest BCUT2D eigenvalue weighted by atomic mass is 10.0. The predicted octanol–water partition coefficient (Wildman–Crippen LogP) is 3.50. The number of rotatable bonds is 4. The molecule has 0 fully saturated rings. The van der Waals surface area contributed by atoms with Crippen molar-refractivity contribution in [1.29, 1.82) is 0 Å². The van der Waals surface area contributed by atoms with Gasteiger partial charge in [0.05, 0.1) is 11.4 Å². The highest BCUT2D eigenvalue weighted by Crippen LogP contribution is 2.28. The third-order valence-corrected chi connectivity index (χ3v) is 5.68. The number of tetrazole rings is 1. The minimum atomic E-state index is 0.0764. The number of carbonyl (C=O) groups is 1. The Labute approximate surface area is 163 Å². The maximum atomic E-state index is 12.8. The molecule has 1 aliphatic rings. The van der Waals surface area contributed by atoms with E-state index in [1.165, 1.54) is 17.3 Å². The second-order valence-electron chi connectivity index (χ2n) is 5.92. The van der Waals surface area contributed by atoms with E-state index in [4.69, 9.17) is 0 Å². The molecule has 0 unspecified atom stereocenters. The molecule has 0 saturated heterocycles. The third kappa shape index (κ3) is 3.52. The fraction of sp³-hybridized carbons (Fsp3) is 0.222. The Morgan fingerprint density at radius 2 is 1.96 bits per heavy atom. The Balaban J connectivity index is 1.48. The van der Waals surface area contributed by atoms with Crippen LogP contribution in [-0.4, -0.2) is 38.4 Å². The number of thioether (sulfide) groups is 1. The number of anilines is 1. The molecule has 1 aromatic heterocycles. The van der Waals surface area contributed by atoms with E-state index in [1.807, 2.05) is 47.4 Å². The van der Waals surface area contributed by atoms with Crippen LogP contribution < -0.4 is 4.90 Å². The van der Waals surface area contributed by atoms with Crippen LogP contribution in [-0.2, 0) is 11.2 Å². The van der Waals surface area contributed by atoms with Gasteiger partial charge in [-0.3, -0.25) is 4.79 Å². The monoisotopic (exact) mass is 429 g/mol. The van der Waals surface area contributed by atoms with E-state index >= 15 is 0 Å². The molecule has 2 aromatic carbocycles. The van der Waals surface area contributed by atoms with Crippen LogP contribution in [0.2, 0.25) is 0 Å². The average molecular weight is 430 g/mol. The number of halogens is 1. The Kier molecular flexibility index (Phi) is 5.03. The van der Waals surface area contributed by atoms with E-state index in [0.29, 0.717) is 10.9 Å². The minimum absolute atomic E-state index is 0.0764. The number of hydrogen-bond acceptors (Lipinski definition) is 5. The molecule has 0 bridgehead atoms. The number of nitrogens with zero attached hydrogens (tertiary/aromatic N) is 5. The summed E-state index contributed by atoms with van der Waals surface area (Å²) >= 11 is 4.77. The van der Waals surface area contributed by atoms with Gasteiger partial charge in [-0.1, -0.05) is 45.9 Å². The fourth-order valence-corrected chi connectivity index (χ4v) is 4.04.